The van der Waals surface area contributed by atoms with E-state index < -0.39 is 0 Å². The normalized spacial score (nSPS) is 8.75. The smallest absolute Gasteiger partial charge is 0.234 e. The van der Waals surface area contributed by atoms with Crippen LogP contribution in [0.5, 0.6) is 0 Å². The van der Waals surface area contributed by atoms with Gasteiger partial charge in [0.15, 0.2) is 0 Å². The molecule has 0 rings (SSSR count). The molecule has 0 aliphatic carbocycles. The van der Waals surface area contributed by atoms with Crippen molar-refractivity contribution >= 4 is 17.5 Å². The summed E-state index contributed by atoms with van der Waals surface area (Å²) in [6.07, 6.45) is 0. The number of likely N-dealkylation sites (N-methyl/N-ethyl adjacent to an activating group) is 2. The van der Waals surface area contributed by atoms with Crippen LogP contribution in [-0.2, 0) is 14.4 Å². The molecule has 16 heavy (non-hydrogen) atoms. The van der Waals surface area contributed by atoms with Crippen molar-refractivity contribution < 1.29 is 14.4 Å². The van der Waals surface area contributed by atoms with Crippen LogP contribution in [0.3, 0.4) is 0 Å². The molecule has 0 saturated heterocycles. The summed E-state index contributed by atoms with van der Waals surface area (Å²) in [6.45, 7) is 3.85. The van der Waals surface area contributed by atoms with Crippen molar-refractivity contribution in [2.24, 2.45) is 0 Å². The van der Waals surface area contributed by atoms with Gasteiger partial charge in [0.25, 0.3) is 0 Å². The Kier molecular flexibility index (Phi) is 12.6. The fourth-order valence-corrected chi connectivity index (χ4v) is 0.695. The number of rotatable bonds is 6. The lowest BCUT2D eigenvalue weighted by Crippen LogP contribution is -2.34. The summed E-state index contributed by atoms with van der Waals surface area (Å²) in [7, 11) is 3.43. The van der Waals surface area contributed by atoms with Crippen LogP contribution in [0.25, 0.3) is 0 Å². The highest BCUT2D eigenvalue weighted by atomic mass is 16.2. The fourth-order valence-electron chi connectivity index (χ4n) is 0.695. The van der Waals surface area contributed by atoms with Crippen LogP contribution >= 0.6 is 0 Å². The molecule has 0 saturated carbocycles. The molecule has 0 aliphatic rings. The SMILES string of the molecule is CNCC(=O)NCC(C)=O.CNCC(C)=O. The standard InChI is InChI=1S/C6H12N2O2.C4H9NO/c1-5(9)3-8-6(10)4-7-2;1-4(6)3-5-2/h7H,3-4H2,1-2H3,(H,8,10);5H,3H2,1-2H3. The van der Waals surface area contributed by atoms with E-state index in [0.29, 0.717) is 6.54 Å². The van der Waals surface area contributed by atoms with E-state index in [-0.39, 0.29) is 30.6 Å². The second-order valence-corrected chi connectivity index (χ2v) is 3.24. The average molecular weight is 231 g/mol. The molecule has 0 unspecified atom stereocenters. The molecule has 94 valence electrons. The molecule has 0 bridgehead atoms. The third-order valence-electron chi connectivity index (χ3n) is 1.30. The minimum atomic E-state index is -0.155. The number of carbonyl (C=O) groups is 3. The Hall–Kier alpha value is -1.27. The van der Waals surface area contributed by atoms with Crippen LogP contribution in [0.15, 0.2) is 0 Å². The van der Waals surface area contributed by atoms with Gasteiger partial charge in [0.05, 0.1) is 19.6 Å². The fraction of sp³-hybridized carbons (Fsp3) is 0.700. The zero-order chi connectivity index (χ0) is 13.0. The summed E-state index contributed by atoms with van der Waals surface area (Å²) in [4.78, 5) is 30.9. The Balaban J connectivity index is 0. The van der Waals surface area contributed by atoms with Gasteiger partial charge in [-0.05, 0) is 27.9 Å². The number of carbonyl (C=O) groups excluding carboxylic acids is 3. The molecule has 3 N–H and O–H groups in total. The van der Waals surface area contributed by atoms with Gasteiger partial charge < -0.3 is 16.0 Å². The Labute approximate surface area is 96.2 Å². The lowest BCUT2D eigenvalue weighted by atomic mass is 10.4. The predicted molar refractivity (Wildman–Crippen MR) is 62.2 cm³/mol. The lowest BCUT2D eigenvalue weighted by Gasteiger charge is -1.99. The maximum Gasteiger partial charge on any atom is 0.234 e. The van der Waals surface area contributed by atoms with E-state index >= 15 is 0 Å². The van der Waals surface area contributed by atoms with Gasteiger partial charge >= 0.3 is 0 Å². The molecule has 0 aliphatic heterocycles. The van der Waals surface area contributed by atoms with Gasteiger partial charge in [-0.25, -0.2) is 0 Å². The molecule has 6 nitrogen and oxygen atoms in total. The first-order chi connectivity index (χ1) is 7.43. The minimum absolute atomic E-state index is 0.0375. The van der Waals surface area contributed by atoms with Gasteiger partial charge in [0, 0.05) is 0 Å². The van der Waals surface area contributed by atoms with Crippen LogP contribution < -0.4 is 16.0 Å². The lowest BCUT2D eigenvalue weighted by molar-refractivity contribution is -0.123. The summed E-state index contributed by atoms with van der Waals surface area (Å²) in [5, 5.41) is 7.82. The molecule has 0 aromatic heterocycles. The highest BCUT2D eigenvalue weighted by Gasteiger charge is 1.98. The van der Waals surface area contributed by atoms with Crippen LogP contribution in [0.4, 0.5) is 0 Å². The van der Waals surface area contributed by atoms with Gasteiger partial charge in [0.1, 0.15) is 11.6 Å². The van der Waals surface area contributed by atoms with E-state index in [1.165, 1.54) is 6.92 Å². The predicted octanol–water partition coefficient (Wildman–Crippen LogP) is -1.29. The van der Waals surface area contributed by atoms with Crippen LogP contribution in [-0.4, -0.2) is 51.2 Å². The van der Waals surface area contributed by atoms with Crippen LogP contribution in [0, 0.1) is 0 Å². The largest absolute Gasteiger partial charge is 0.348 e. The zero-order valence-electron chi connectivity index (χ0n) is 10.3. The molecule has 0 radical (unpaired) electrons. The first-order valence-electron chi connectivity index (χ1n) is 4.98. The van der Waals surface area contributed by atoms with Crippen molar-refractivity contribution in [3.63, 3.8) is 0 Å². The van der Waals surface area contributed by atoms with Crippen molar-refractivity contribution in [2.75, 3.05) is 33.7 Å². The van der Waals surface area contributed by atoms with E-state index in [4.69, 9.17) is 0 Å². The molecular formula is C10H21N3O3. The average Bonchev–Trinajstić information content (AvgIpc) is 2.16. The highest BCUT2D eigenvalue weighted by molar-refractivity contribution is 5.85. The van der Waals surface area contributed by atoms with Gasteiger partial charge in [0.2, 0.25) is 5.91 Å². The molecule has 1 amide bonds. The molecule has 6 heteroatoms. The second kappa shape index (κ2) is 11.8. The molecule has 0 heterocycles. The summed E-state index contributed by atoms with van der Waals surface area (Å²) in [5.74, 6) is -0.0142. The summed E-state index contributed by atoms with van der Waals surface area (Å²) >= 11 is 0. The van der Waals surface area contributed by atoms with Crippen molar-refractivity contribution in [3.05, 3.63) is 0 Å². The summed E-state index contributed by atoms with van der Waals surface area (Å²) in [5.41, 5.74) is 0. The zero-order valence-corrected chi connectivity index (χ0v) is 10.3. The summed E-state index contributed by atoms with van der Waals surface area (Å²) in [6, 6.07) is 0. The quantitative estimate of drug-likeness (QED) is 0.529. The second-order valence-electron chi connectivity index (χ2n) is 3.24. The van der Waals surface area contributed by atoms with Gasteiger partial charge in [-0.2, -0.15) is 0 Å². The van der Waals surface area contributed by atoms with E-state index in [1.54, 1.807) is 21.0 Å². The number of nitrogens with one attached hydrogen (secondary N) is 3. The van der Waals surface area contributed by atoms with Crippen molar-refractivity contribution in [1.29, 1.82) is 0 Å². The number of ketones is 2. The van der Waals surface area contributed by atoms with E-state index in [9.17, 15) is 14.4 Å². The number of amides is 1. The monoisotopic (exact) mass is 231 g/mol. The molecule has 0 aromatic carbocycles. The topological polar surface area (TPSA) is 87.3 Å². The van der Waals surface area contributed by atoms with E-state index in [2.05, 4.69) is 16.0 Å². The first-order valence-corrected chi connectivity index (χ1v) is 4.98. The Morgan fingerprint density at radius 2 is 1.25 bits per heavy atom. The number of hydrogen-bond donors (Lipinski definition) is 3. The maximum atomic E-state index is 10.6. The number of Topliss-reactive ketones (excluding diaryl/α,β-unsaturated/α-hetero) is 2. The van der Waals surface area contributed by atoms with Crippen molar-refractivity contribution in [1.82, 2.24) is 16.0 Å². The molecular weight excluding hydrogens is 210 g/mol. The number of hydrogen-bond acceptors (Lipinski definition) is 5. The van der Waals surface area contributed by atoms with Gasteiger partial charge in [-0.1, -0.05) is 0 Å². The maximum absolute atomic E-state index is 10.6. The van der Waals surface area contributed by atoms with Gasteiger partial charge in [-0.3, -0.25) is 14.4 Å². The minimum Gasteiger partial charge on any atom is -0.348 e. The molecule has 0 aromatic rings. The van der Waals surface area contributed by atoms with E-state index in [0.717, 1.165) is 0 Å². The molecule has 0 spiro atoms. The summed E-state index contributed by atoms with van der Waals surface area (Å²) < 4.78 is 0. The first kappa shape index (κ1) is 17.1. The highest BCUT2D eigenvalue weighted by Crippen LogP contribution is 1.65. The van der Waals surface area contributed by atoms with Gasteiger partial charge in [-0.15, -0.1) is 0 Å². The van der Waals surface area contributed by atoms with Crippen LogP contribution in [0.1, 0.15) is 13.8 Å². The Morgan fingerprint density at radius 3 is 1.50 bits per heavy atom. The van der Waals surface area contributed by atoms with E-state index in [1.807, 2.05) is 0 Å². The Bertz CT molecular complexity index is 229. The Morgan fingerprint density at radius 1 is 0.812 bits per heavy atom. The van der Waals surface area contributed by atoms with Crippen molar-refractivity contribution in [3.8, 4) is 0 Å². The molecule has 0 fully saturated rings. The third kappa shape index (κ3) is 18.5. The molecule has 0 atom stereocenters. The van der Waals surface area contributed by atoms with Crippen molar-refractivity contribution in [2.45, 2.75) is 13.8 Å². The van der Waals surface area contributed by atoms with Crippen LogP contribution in [0.2, 0.25) is 0 Å². The third-order valence-corrected chi connectivity index (χ3v) is 1.30.